The lowest BCUT2D eigenvalue weighted by atomic mass is 10.1. The van der Waals surface area contributed by atoms with Crippen molar-refractivity contribution in [2.45, 2.75) is 6.42 Å². The summed E-state index contributed by atoms with van der Waals surface area (Å²) in [6.45, 7) is 0.300. The smallest absolute Gasteiger partial charge is 0.349 e. The molecule has 116 valence electrons. The molecule has 0 saturated heterocycles. The molecule has 0 fully saturated rings. The van der Waals surface area contributed by atoms with E-state index < -0.39 is 11.5 Å². The number of para-hydroxylation sites is 1. The van der Waals surface area contributed by atoms with Gasteiger partial charge in [-0.15, -0.1) is 0 Å². The molecule has 0 unspecified atom stereocenters. The summed E-state index contributed by atoms with van der Waals surface area (Å²) in [4.78, 5) is 24.0. The highest BCUT2D eigenvalue weighted by molar-refractivity contribution is 5.96. The van der Waals surface area contributed by atoms with Crippen molar-refractivity contribution in [1.82, 2.24) is 5.32 Å². The van der Waals surface area contributed by atoms with Crippen LogP contribution in [-0.4, -0.2) is 12.5 Å². The molecule has 23 heavy (non-hydrogen) atoms. The van der Waals surface area contributed by atoms with Gasteiger partial charge in [-0.2, -0.15) is 0 Å². The molecule has 0 aliphatic carbocycles. The number of rotatable bonds is 4. The van der Waals surface area contributed by atoms with E-state index >= 15 is 0 Å². The normalized spacial score (nSPS) is 10.7. The zero-order valence-electron chi connectivity index (χ0n) is 12.2. The second-order valence-corrected chi connectivity index (χ2v) is 5.12. The average molecular weight is 311 g/mol. The Kier molecular flexibility index (Phi) is 4.19. The van der Waals surface area contributed by atoms with Crippen LogP contribution in [0.3, 0.4) is 0 Å². The van der Waals surface area contributed by atoms with Crippen LogP contribution < -0.4 is 10.9 Å². The van der Waals surface area contributed by atoms with E-state index in [1.165, 1.54) is 18.2 Å². The number of carbonyl (C=O) groups excluding carboxylic acids is 1. The Morgan fingerprint density at radius 2 is 1.91 bits per heavy atom. The highest BCUT2D eigenvalue weighted by atomic mass is 19.1. The van der Waals surface area contributed by atoms with Crippen LogP contribution in [0.2, 0.25) is 0 Å². The molecule has 0 saturated carbocycles. The van der Waals surface area contributed by atoms with Crippen LogP contribution in [0, 0.1) is 5.82 Å². The number of hydrogen-bond acceptors (Lipinski definition) is 3. The predicted molar refractivity (Wildman–Crippen MR) is 84.9 cm³/mol. The van der Waals surface area contributed by atoms with Gasteiger partial charge in [-0.05, 0) is 36.2 Å². The van der Waals surface area contributed by atoms with Crippen LogP contribution in [0.15, 0.2) is 63.8 Å². The first-order valence-electron chi connectivity index (χ1n) is 7.19. The summed E-state index contributed by atoms with van der Waals surface area (Å²) in [6, 6.07) is 14.7. The molecule has 0 aliphatic rings. The minimum Gasteiger partial charge on any atom is -0.422 e. The number of nitrogens with one attached hydrogen (secondary N) is 1. The third kappa shape index (κ3) is 3.45. The van der Waals surface area contributed by atoms with E-state index in [-0.39, 0.29) is 11.4 Å². The van der Waals surface area contributed by atoms with Gasteiger partial charge < -0.3 is 9.73 Å². The fourth-order valence-corrected chi connectivity index (χ4v) is 2.33. The first kappa shape index (κ1) is 15.0. The van der Waals surface area contributed by atoms with E-state index in [4.69, 9.17) is 4.42 Å². The quantitative estimate of drug-likeness (QED) is 0.754. The van der Waals surface area contributed by atoms with Crippen molar-refractivity contribution in [2.24, 2.45) is 0 Å². The molecule has 1 N–H and O–H groups in total. The van der Waals surface area contributed by atoms with Crippen LogP contribution in [0.5, 0.6) is 0 Å². The summed E-state index contributed by atoms with van der Waals surface area (Å²) in [5.74, 6) is -0.815. The maximum Gasteiger partial charge on any atom is 0.349 e. The van der Waals surface area contributed by atoms with Crippen molar-refractivity contribution >= 4 is 16.9 Å². The predicted octanol–water partition coefficient (Wildman–Crippen LogP) is 2.90. The summed E-state index contributed by atoms with van der Waals surface area (Å²) in [7, 11) is 0. The second kappa shape index (κ2) is 6.44. The Morgan fingerprint density at radius 3 is 2.74 bits per heavy atom. The topological polar surface area (TPSA) is 59.3 Å². The number of fused-ring (bicyclic) bond motifs is 1. The van der Waals surface area contributed by atoms with Gasteiger partial charge in [-0.1, -0.05) is 30.3 Å². The summed E-state index contributed by atoms with van der Waals surface area (Å²) in [5, 5.41) is 3.33. The Bertz CT molecular complexity index is 917. The van der Waals surface area contributed by atoms with E-state index in [2.05, 4.69) is 5.32 Å². The molecule has 1 amide bonds. The van der Waals surface area contributed by atoms with Gasteiger partial charge in [0.2, 0.25) is 0 Å². The molecule has 0 radical (unpaired) electrons. The van der Waals surface area contributed by atoms with Gasteiger partial charge in [0.05, 0.1) is 0 Å². The molecular weight excluding hydrogens is 297 g/mol. The number of halogens is 1. The Labute approximate surface area is 131 Å². The number of carbonyl (C=O) groups is 1. The number of amides is 1. The Hall–Kier alpha value is -2.95. The van der Waals surface area contributed by atoms with Gasteiger partial charge in [0, 0.05) is 11.9 Å². The van der Waals surface area contributed by atoms with Crippen molar-refractivity contribution in [3.05, 3.63) is 82.0 Å². The maximum absolute atomic E-state index is 13.1. The van der Waals surface area contributed by atoms with Crippen LogP contribution >= 0.6 is 0 Å². The van der Waals surface area contributed by atoms with Crippen molar-refractivity contribution in [2.75, 3.05) is 6.54 Å². The van der Waals surface area contributed by atoms with Gasteiger partial charge in [-0.3, -0.25) is 4.79 Å². The first-order valence-corrected chi connectivity index (χ1v) is 7.19. The largest absolute Gasteiger partial charge is 0.422 e. The van der Waals surface area contributed by atoms with E-state index in [1.807, 2.05) is 0 Å². The summed E-state index contributed by atoms with van der Waals surface area (Å²) in [5.41, 5.74) is 0.500. The van der Waals surface area contributed by atoms with Gasteiger partial charge in [0.15, 0.2) is 0 Å². The molecule has 5 heteroatoms. The minimum absolute atomic E-state index is 0.0389. The Morgan fingerprint density at radius 1 is 1.09 bits per heavy atom. The lowest BCUT2D eigenvalue weighted by molar-refractivity contribution is 0.0950. The first-order chi connectivity index (χ1) is 11.1. The maximum atomic E-state index is 13.1. The monoisotopic (exact) mass is 311 g/mol. The highest BCUT2D eigenvalue weighted by Crippen LogP contribution is 2.12. The van der Waals surface area contributed by atoms with Gasteiger partial charge >= 0.3 is 5.63 Å². The van der Waals surface area contributed by atoms with Crippen molar-refractivity contribution < 1.29 is 13.6 Å². The molecule has 0 spiro atoms. The van der Waals surface area contributed by atoms with Crippen LogP contribution in [0.25, 0.3) is 11.0 Å². The molecule has 0 bridgehead atoms. The summed E-state index contributed by atoms with van der Waals surface area (Å²) >= 11 is 0. The van der Waals surface area contributed by atoms with Gasteiger partial charge in [0.1, 0.15) is 17.0 Å². The molecule has 3 aromatic rings. The zero-order valence-corrected chi connectivity index (χ0v) is 12.2. The molecule has 1 aromatic heterocycles. The van der Waals surface area contributed by atoms with Crippen LogP contribution in [-0.2, 0) is 6.42 Å². The van der Waals surface area contributed by atoms with E-state index in [9.17, 15) is 14.0 Å². The van der Waals surface area contributed by atoms with Gasteiger partial charge in [0.25, 0.3) is 5.91 Å². The lowest BCUT2D eigenvalue weighted by Gasteiger charge is -2.05. The van der Waals surface area contributed by atoms with Crippen LogP contribution in [0.1, 0.15) is 15.9 Å². The Balaban J connectivity index is 1.71. The fourth-order valence-electron chi connectivity index (χ4n) is 2.33. The molecule has 4 nitrogen and oxygen atoms in total. The SMILES string of the molecule is O=C(NCCc1cccc(F)c1)c1cc2ccccc2oc1=O. The third-order valence-corrected chi connectivity index (χ3v) is 3.47. The standard InChI is InChI=1S/C18H14FNO3/c19-14-6-3-4-12(10-14)8-9-20-17(21)15-11-13-5-1-2-7-16(13)23-18(15)22/h1-7,10-11H,8-9H2,(H,20,21). The molecule has 2 aromatic carbocycles. The minimum atomic E-state index is -0.674. The highest BCUT2D eigenvalue weighted by Gasteiger charge is 2.13. The van der Waals surface area contributed by atoms with E-state index in [0.717, 1.165) is 5.56 Å². The van der Waals surface area contributed by atoms with E-state index in [0.29, 0.717) is 23.9 Å². The van der Waals surface area contributed by atoms with Crippen molar-refractivity contribution in [1.29, 1.82) is 0 Å². The molecule has 3 rings (SSSR count). The number of benzene rings is 2. The van der Waals surface area contributed by atoms with Crippen molar-refractivity contribution in [3.63, 3.8) is 0 Å². The van der Waals surface area contributed by atoms with E-state index in [1.54, 1.807) is 36.4 Å². The molecule has 1 heterocycles. The zero-order chi connectivity index (χ0) is 16.2. The summed E-state index contributed by atoms with van der Waals surface area (Å²) in [6.07, 6.45) is 0.475. The fraction of sp³-hybridized carbons (Fsp3) is 0.111. The van der Waals surface area contributed by atoms with Crippen LogP contribution in [0.4, 0.5) is 4.39 Å². The molecular formula is C18H14FNO3. The van der Waals surface area contributed by atoms with Gasteiger partial charge in [-0.25, -0.2) is 9.18 Å². The molecule has 0 aliphatic heterocycles. The summed E-state index contributed by atoms with van der Waals surface area (Å²) < 4.78 is 18.2. The van der Waals surface area contributed by atoms with Crippen molar-refractivity contribution in [3.8, 4) is 0 Å². The lowest BCUT2D eigenvalue weighted by Crippen LogP contribution is -2.29. The number of hydrogen-bond donors (Lipinski definition) is 1. The third-order valence-electron chi connectivity index (χ3n) is 3.47. The second-order valence-electron chi connectivity index (χ2n) is 5.12. The average Bonchev–Trinajstić information content (AvgIpc) is 2.54. The molecule has 0 atom stereocenters.